The van der Waals surface area contributed by atoms with Gasteiger partial charge in [0.1, 0.15) is 4.88 Å². The second-order valence-electron chi connectivity index (χ2n) is 6.44. The van der Waals surface area contributed by atoms with Gasteiger partial charge in [-0.2, -0.15) is 0 Å². The van der Waals surface area contributed by atoms with E-state index in [2.05, 4.69) is 4.98 Å². The molecule has 0 saturated heterocycles. The summed E-state index contributed by atoms with van der Waals surface area (Å²) in [5.41, 5.74) is 2.85. The van der Waals surface area contributed by atoms with Crippen LogP contribution in [0.2, 0.25) is 0 Å². The maximum absolute atomic E-state index is 12.7. The van der Waals surface area contributed by atoms with Crippen molar-refractivity contribution in [1.82, 2.24) is 4.98 Å². The minimum atomic E-state index is -0.957. The summed E-state index contributed by atoms with van der Waals surface area (Å²) >= 11 is 1.44. The van der Waals surface area contributed by atoms with Crippen LogP contribution in [0.1, 0.15) is 65.6 Å². The first kappa shape index (κ1) is 18.4. The van der Waals surface area contributed by atoms with E-state index < -0.39 is 18.0 Å². The quantitative estimate of drug-likeness (QED) is 0.639. The van der Waals surface area contributed by atoms with E-state index in [0.717, 1.165) is 19.3 Å². The molecule has 1 aliphatic carbocycles. The summed E-state index contributed by atoms with van der Waals surface area (Å²) in [6, 6.07) is 1.87. The molecule has 0 bridgehead atoms. The Balaban J connectivity index is 1.75. The Morgan fingerprint density at radius 1 is 1.19 bits per heavy atom. The number of hydrogen-bond donors (Lipinski definition) is 1. The van der Waals surface area contributed by atoms with Gasteiger partial charge in [0.05, 0.1) is 18.4 Å². The molecule has 7 heteroatoms. The second-order valence-corrected chi connectivity index (χ2v) is 7.58. The molecule has 2 aromatic rings. The van der Waals surface area contributed by atoms with E-state index in [1.807, 2.05) is 6.07 Å². The molecule has 6 nitrogen and oxygen atoms in total. The molecule has 0 unspecified atom stereocenters. The summed E-state index contributed by atoms with van der Waals surface area (Å²) in [5.74, 6) is -1.37. The lowest BCUT2D eigenvalue weighted by molar-refractivity contribution is 0.0321. The maximum atomic E-state index is 12.7. The third-order valence-electron chi connectivity index (χ3n) is 4.67. The molecule has 0 aromatic carbocycles. The highest BCUT2D eigenvalue weighted by Gasteiger charge is 2.28. The van der Waals surface area contributed by atoms with Crippen LogP contribution in [0, 0.1) is 13.8 Å². The molecule has 3 rings (SSSR count). The van der Waals surface area contributed by atoms with Gasteiger partial charge in [-0.1, -0.05) is 0 Å². The van der Waals surface area contributed by atoms with Crippen LogP contribution in [0.25, 0.3) is 0 Å². The molecule has 0 fully saturated rings. The minimum absolute atomic E-state index is 0.261. The van der Waals surface area contributed by atoms with Gasteiger partial charge in [-0.25, -0.2) is 9.59 Å². The number of hydrogen-bond acceptors (Lipinski definition) is 6. The molecule has 2 heterocycles. The van der Waals surface area contributed by atoms with Gasteiger partial charge in [0.25, 0.3) is 0 Å². The van der Waals surface area contributed by atoms with Crippen LogP contribution < -0.4 is 0 Å². The van der Waals surface area contributed by atoms with Crippen molar-refractivity contribution in [2.24, 2.45) is 0 Å². The molecule has 0 spiro atoms. The van der Waals surface area contributed by atoms with E-state index in [1.54, 1.807) is 13.8 Å². The fourth-order valence-corrected chi connectivity index (χ4v) is 4.45. The van der Waals surface area contributed by atoms with Crippen LogP contribution in [0.3, 0.4) is 0 Å². The summed E-state index contributed by atoms with van der Waals surface area (Å²) in [4.78, 5) is 41.6. The number of nitrogens with one attached hydrogen (secondary N) is 1. The zero-order valence-corrected chi connectivity index (χ0v) is 16.0. The number of aryl methyl sites for hydroxylation is 3. The summed E-state index contributed by atoms with van der Waals surface area (Å²) in [7, 11) is 1.29. The lowest BCUT2D eigenvalue weighted by Crippen LogP contribution is -2.25. The zero-order valence-electron chi connectivity index (χ0n) is 15.2. The number of methoxy groups -OCH3 is 1. The predicted octanol–water partition coefficient (Wildman–Crippen LogP) is 3.40. The molecule has 0 amide bonds. The van der Waals surface area contributed by atoms with Crippen molar-refractivity contribution in [3.63, 3.8) is 0 Å². The molecular formula is C19H21NO5S. The number of ether oxygens (including phenoxy) is 2. The fraction of sp³-hybridized carbons (Fsp3) is 0.421. The average Bonchev–Trinajstić information content (AvgIpc) is 3.27. The molecule has 1 aliphatic rings. The fourth-order valence-electron chi connectivity index (χ4n) is 3.31. The van der Waals surface area contributed by atoms with Crippen LogP contribution in [-0.4, -0.2) is 35.9 Å². The number of aromatic amines is 1. The number of ketones is 1. The molecule has 0 saturated carbocycles. The molecular weight excluding hydrogens is 354 g/mol. The van der Waals surface area contributed by atoms with Crippen molar-refractivity contribution in [3.8, 4) is 0 Å². The van der Waals surface area contributed by atoms with Crippen LogP contribution >= 0.6 is 11.3 Å². The van der Waals surface area contributed by atoms with Gasteiger partial charge >= 0.3 is 11.9 Å². The first-order valence-corrected chi connectivity index (χ1v) is 9.29. The summed E-state index contributed by atoms with van der Waals surface area (Å²) in [6.45, 7) is 4.90. The first-order chi connectivity index (χ1) is 12.3. The van der Waals surface area contributed by atoms with E-state index in [-0.39, 0.29) is 11.5 Å². The number of carbonyl (C=O) groups is 3. The maximum Gasteiger partial charge on any atom is 0.349 e. The third kappa shape index (κ3) is 3.19. The summed E-state index contributed by atoms with van der Waals surface area (Å²) < 4.78 is 10.1. The van der Waals surface area contributed by atoms with Gasteiger partial charge in [0.2, 0.25) is 5.78 Å². The Labute approximate surface area is 155 Å². The van der Waals surface area contributed by atoms with Gasteiger partial charge in [0, 0.05) is 10.6 Å². The van der Waals surface area contributed by atoms with E-state index in [1.165, 1.54) is 35.8 Å². The van der Waals surface area contributed by atoms with E-state index in [4.69, 9.17) is 9.47 Å². The van der Waals surface area contributed by atoms with Crippen molar-refractivity contribution in [1.29, 1.82) is 0 Å². The Bertz CT molecular complexity index is 871. The SMILES string of the molecule is COC(=O)c1c(C)[nH]c(C(=O)[C@@H](C)OC(=O)c2cc3c(s2)CCC3)c1C. The van der Waals surface area contributed by atoms with Gasteiger partial charge in [-0.05, 0) is 57.2 Å². The lowest BCUT2D eigenvalue weighted by Gasteiger charge is -2.11. The highest BCUT2D eigenvalue weighted by molar-refractivity contribution is 7.14. The van der Waals surface area contributed by atoms with Crippen LogP contribution in [-0.2, 0) is 22.3 Å². The number of thiophene rings is 1. The van der Waals surface area contributed by atoms with Gasteiger partial charge in [-0.15, -0.1) is 11.3 Å². The predicted molar refractivity (Wildman–Crippen MR) is 97.2 cm³/mol. The van der Waals surface area contributed by atoms with Crippen molar-refractivity contribution >= 4 is 29.1 Å². The van der Waals surface area contributed by atoms with Crippen molar-refractivity contribution in [3.05, 3.63) is 43.9 Å². The summed E-state index contributed by atoms with van der Waals surface area (Å²) in [6.07, 6.45) is 2.16. The number of carbonyl (C=O) groups excluding carboxylic acids is 3. The molecule has 138 valence electrons. The normalized spacial score (nSPS) is 14.0. The largest absolute Gasteiger partial charge is 0.465 e. The standard InChI is InChI=1S/C19H21NO5S/c1-9-15(19(23)24-4)10(2)20-16(9)17(21)11(3)25-18(22)14-8-12-6-5-7-13(12)26-14/h8,11,20H,5-7H2,1-4H3/t11-/m1/s1. The smallest absolute Gasteiger partial charge is 0.349 e. The van der Waals surface area contributed by atoms with Crippen molar-refractivity contribution < 1.29 is 23.9 Å². The molecule has 26 heavy (non-hydrogen) atoms. The van der Waals surface area contributed by atoms with E-state index in [0.29, 0.717) is 21.7 Å². The number of H-pyrrole nitrogens is 1. The van der Waals surface area contributed by atoms with Crippen molar-refractivity contribution in [2.75, 3.05) is 7.11 Å². The number of Topliss-reactive ketones (excluding diaryl/α,β-unsaturated/α-hetero) is 1. The second kappa shape index (κ2) is 7.07. The highest BCUT2D eigenvalue weighted by atomic mass is 32.1. The molecule has 1 N–H and O–H groups in total. The van der Waals surface area contributed by atoms with Crippen LogP contribution in [0.15, 0.2) is 6.07 Å². The van der Waals surface area contributed by atoms with Crippen LogP contribution in [0.5, 0.6) is 0 Å². The Morgan fingerprint density at radius 3 is 2.58 bits per heavy atom. The minimum Gasteiger partial charge on any atom is -0.465 e. The monoisotopic (exact) mass is 375 g/mol. The van der Waals surface area contributed by atoms with E-state index >= 15 is 0 Å². The number of esters is 2. The Kier molecular flexibility index (Phi) is 5.00. The zero-order chi connectivity index (χ0) is 19.0. The van der Waals surface area contributed by atoms with Gasteiger partial charge in [0.15, 0.2) is 6.10 Å². The lowest BCUT2D eigenvalue weighted by atomic mass is 10.1. The van der Waals surface area contributed by atoms with Gasteiger partial charge in [-0.3, -0.25) is 4.79 Å². The Morgan fingerprint density at radius 2 is 1.92 bits per heavy atom. The van der Waals surface area contributed by atoms with Crippen LogP contribution in [0.4, 0.5) is 0 Å². The van der Waals surface area contributed by atoms with E-state index in [9.17, 15) is 14.4 Å². The number of fused-ring (bicyclic) bond motifs is 1. The molecule has 0 aliphatic heterocycles. The molecule has 0 radical (unpaired) electrons. The first-order valence-electron chi connectivity index (χ1n) is 8.47. The Hall–Kier alpha value is -2.41. The average molecular weight is 375 g/mol. The molecule has 1 atom stereocenters. The highest BCUT2D eigenvalue weighted by Crippen LogP contribution is 2.31. The number of rotatable bonds is 5. The third-order valence-corrected chi connectivity index (χ3v) is 5.89. The summed E-state index contributed by atoms with van der Waals surface area (Å²) in [5, 5.41) is 0. The topological polar surface area (TPSA) is 85.5 Å². The molecule has 2 aromatic heterocycles. The van der Waals surface area contributed by atoms with Crippen molar-refractivity contribution in [2.45, 2.75) is 46.1 Å². The van der Waals surface area contributed by atoms with Gasteiger partial charge < -0.3 is 14.5 Å². The number of aromatic nitrogens is 1.